The topological polar surface area (TPSA) is 113 Å². The Balaban J connectivity index is 2.81. The van der Waals surface area contributed by atoms with Crippen LogP contribution < -0.4 is 5.32 Å². The summed E-state index contributed by atoms with van der Waals surface area (Å²) >= 11 is 0. The SMILES string of the molecule is COCC(C)(CC(=O)O)NC(=O)CN(C)S(=O)(=O)c1ccccc1. The average Bonchev–Trinajstić information content (AvgIpc) is 2.46. The van der Waals surface area contributed by atoms with Gasteiger partial charge >= 0.3 is 5.97 Å². The monoisotopic (exact) mass is 358 g/mol. The molecule has 0 saturated heterocycles. The number of nitrogens with zero attached hydrogens (tertiary/aromatic N) is 1. The third-order valence-corrected chi connectivity index (χ3v) is 5.08. The van der Waals surface area contributed by atoms with Gasteiger partial charge in [0.1, 0.15) is 0 Å². The predicted molar refractivity (Wildman–Crippen MR) is 86.9 cm³/mol. The maximum atomic E-state index is 12.4. The molecule has 0 saturated carbocycles. The van der Waals surface area contributed by atoms with Crippen LogP contribution in [0.5, 0.6) is 0 Å². The zero-order chi connectivity index (χ0) is 18.4. The van der Waals surface area contributed by atoms with Crippen LogP contribution >= 0.6 is 0 Å². The number of amides is 1. The molecular formula is C15H22N2O6S. The maximum absolute atomic E-state index is 12.4. The highest BCUT2D eigenvalue weighted by Gasteiger charge is 2.31. The number of sulfonamides is 1. The Bertz CT molecular complexity index is 676. The van der Waals surface area contributed by atoms with Gasteiger partial charge in [0, 0.05) is 14.2 Å². The maximum Gasteiger partial charge on any atom is 0.305 e. The Hall–Kier alpha value is -1.97. The lowest BCUT2D eigenvalue weighted by Crippen LogP contribution is -2.53. The van der Waals surface area contributed by atoms with Gasteiger partial charge in [0.25, 0.3) is 0 Å². The highest BCUT2D eigenvalue weighted by atomic mass is 32.2. The molecule has 24 heavy (non-hydrogen) atoms. The minimum absolute atomic E-state index is 0.0137. The standard InChI is InChI=1S/C15H22N2O6S/c1-15(11-23-3,9-14(19)20)16-13(18)10-17(2)24(21,22)12-7-5-4-6-8-12/h4-8H,9-11H2,1-3H3,(H,16,18)(H,19,20). The number of carboxylic acids is 1. The summed E-state index contributed by atoms with van der Waals surface area (Å²) in [6.45, 7) is 1.07. The van der Waals surface area contributed by atoms with E-state index in [0.717, 1.165) is 4.31 Å². The Labute approximate surface area is 141 Å². The van der Waals surface area contributed by atoms with Crippen LogP contribution in [0.25, 0.3) is 0 Å². The number of rotatable bonds is 9. The van der Waals surface area contributed by atoms with E-state index in [1.165, 1.54) is 33.2 Å². The zero-order valence-electron chi connectivity index (χ0n) is 13.9. The lowest BCUT2D eigenvalue weighted by molar-refractivity contribution is -0.139. The fourth-order valence-corrected chi connectivity index (χ4v) is 3.37. The van der Waals surface area contributed by atoms with E-state index in [0.29, 0.717) is 0 Å². The summed E-state index contributed by atoms with van der Waals surface area (Å²) in [5, 5.41) is 11.5. The molecule has 0 heterocycles. The molecule has 0 aliphatic carbocycles. The number of likely N-dealkylation sites (N-methyl/N-ethyl adjacent to an activating group) is 1. The van der Waals surface area contributed by atoms with E-state index < -0.39 is 34.0 Å². The molecule has 1 rings (SSSR count). The second-order valence-electron chi connectivity index (χ2n) is 5.69. The fraction of sp³-hybridized carbons (Fsp3) is 0.467. The van der Waals surface area contributed by atoms with E-state index in [4.69, 9.17) is 9.84 Å². The summed E-state index contributed by atoms with van der Waals surface area (Å²) in [6.07, 6.45) is -0.346. The van der Waals surface area contributed by atoms with Crippen LogP contribution in [0.15, 0.2) is 35.2 Å². The van der Waals surface area contributed by atoms with E-state index in [-0.39, 0.29) is 17.9 Å². The summed E-state index contributed by atoms with van der Waals surface area (Å²) in [5.74, 6) is -1.71. The third-order valence-electron chi connectivity index (χ3n) is 3.26. The highest BCUT2D eigenvalue weighted by Crippen LogP contribution is 2.14. The summed E-state index contributed by atoms with van der Waals surface area (Å²) in [7, 11) is -1.13. The molecule has 0 radical (unpaired) electrons. The van der Waals surface area contributed by atoms with Gasteiger partial charge in [0.2, 0.25) is 15.9 Å². The van der Waals surface area contributed by atoms with Gasteiger partial charge in [-0.2, -0.15) is 4.31 Å². The third kappa shape index (κ3) is 5.59. The Kier molecular flexibility index (Phi) is 6.88. The highest BCUT2D eigenvalue weighted by molar-refractivity contribution is 7.89. The van der Waals surface area contributed by atoms with Crippen LogP contribution in [0.3, 0.4) is 0 Å². The van der Waals surface area contributed by atoms with Crippen LogP contribution in [-0.2, 0) is 24.3 Å². The first-order valence-electron chi connectivity index (χ1n) is 7.14. The number of nitrogens with one attached hydrogen (secondary N) is 1. The first kappa shape index (κ1) is 20.1. The van der Waals surface area contributed by atoms with E-state index in [9.17, 15) is 18.0 Å². The molecule has 0 aliphatic rings. The van der Waals surface area contributed by atoms with Gasteiger partial charge in [-0.1, -0.05) is 18.2 Å². The summed E-state index contributed by atoms with van der Waals surface area (Å²) in [4.78, 5) is 23.1. The number of hydrogen-bond donors (Lipinski definition) is 2. The lowest BCUT2D eigenvalue weighted by Gasteiger charge is -2.29. The number of benzene rings is 1. The molecule has 0 aromatic heterocycles. The second kappa shape index (κ2) is 8.22. The van der Waals surface area contributed by atoms with E-state index in [1.807, 2.05) is 0 Å². The number of methoxy groups -OCH3 is 1. The number of aliphatic carboxylic acids is 1. The van der Waals surface area contributed by atoms with Gasteiger partial charge in [-0.25, -0.2) is 8.42 Å². The van der Waals surface area contributed by atoms with Gasteiger partial charge in [-0.3, -0.25) is 9.59 Å². The van der Waals surface area contributed by atoms with Crippen molar-refractivity contribution in [2.75, 3.05) is 27.3 Å². The predicted octanol–water partition coefficient (Wildman–Crippen LogP) is 0.303. The molecule has 0 aliphatic heterocycles. The van der Waals surface area contributed by atoms with Gasteiger partial charge in [-0.05, 0) is 19.1 Å². The number of ether oxygens (including phenoxy) is 1. The minimum atomic E-state index is -3.80. The molecule has 1 amide bonds. The molecule has 2 N–H and O–H groups in total. The van der Waals surface area contributed by atoms with Gasteiger partial charge in [-0.15, -0.1) is 0 Å². The first-order chi connectivity index (χ1) is 11.1. The van der Waals surface area contributed by atoms with Crippen molar-refractivity contribution in [1.82, 2.24) is 9.62 Å². The molecule has 1 atom stereocenters. The van der Waals surface area contributed by atoms with E-state index >= 15 is 0 Å². The number of carbonyl (C=O) groups is 2. The lowest BCUT2D eigenvalue weighted by atomic mass is 9.99. The van der Waals surface area contributed by atoms with Crippen molar-refractivity contribution in [3.8, 4) is 0 Å². The summed E-state index contributed by atoms with van der Waals surface area (Å²) < 4.78 is 30.6. The molecule has 1 unspecified atom stereocenters. The molecule has 1 aromatic carbocycles. The summed E-state index contributed by atoms with van der Waals surface area (Å²) in [5.41, 5.74) is -1.13. The smallest absolute Gasteiger partial charge is 0.305 e. The van der Waals surface area contributed by atoms with Crippen molar-refractivity contribution >= 4 is 21.9 Å². The van der Waals surface area contributed by atoms with E-state index in [1.54, 1.807) is 18.2 Å². The molecule has 8 nitrogen and oxygen atoms in total. The average molecular weight is 358 g/mol. The van der Waals surface area contributed by atoms with Crippen molar-refractivity contribution in [3.05, 3.63) is 30.3 Å². The van der Waals surface area contributed by atoms with Crippen molar-refractivity contribution < 1.29 is 27.9 Å². The van der Waals surface area contributed by atoms with Crippen LogP contribution in [0.4, 0.5) is 0 Å². The molecule has 9 heteroatoms. The Morgan fingerprint density at radius 1 is 1.29 bits per heavy atom. The molecule has 134 valence electrons. The minimum Gasteiger partial charge on any atom is -0.481 e. The van der Waals surface area contributed by atoms with Crippen molar-refractivity contribution in [3.63, 3.8) is 0 Å². The van der Waals surface area contributed by atoms with Crippen molar-refractivity contribution in [2.45, 2.75) is 23.8 Å². The van der Waals surface area contributed by atoms with Gasteiger partial charge in [0.05, 0.1) is 30.0 Å². The van der Waals surface area contributed by atoms with Crippen molar-refractivity contribution in [1.29, 1.82) is 0 Å². The zero-order valence-corrected chi connectivity index (χ0v) is 14.7. The second-order valence-corrected chi connectivity index (χ2v) is 7.73. The quantitative estimate of drug-likeness (QED) is 0.657. The van der Waals surface area contributed by atoms with Crippen LogP contribution in [0.1, 0.15) is 13.3 Å². The number of carbonyl (C=O) groups excluding carboxylic acids is 1. The largest absolute Gasteiger partial charge is 0.481 e. The van der Waals surface area contributed by atoms with Crippen molar-refractivity contribution in [2.24, 2.45) is 0 Å². The number of carboxylic acid groups (broad SMARTS) is 1. The molecule has 0 spiro atoms. The normalized spacial score (nSPS) is 14.2. The van der Waals surface area contributed by atoms with Crippen LogP contribution in [-0.4, -0.2) is 62.6 Å². The van der Waals surface area contributed by atoms with E-state index in [2.05, 4.69) is 5.32 Å². The first-order valence-corrected chi connectivity index (χ1v) is 8.58. The summed E-state index contributed by atoms with van der Waals surface area (Å²) in [6, 6.07) is 7.73. The number of hydrogen-bond acceptors (Lipinski definition) is 5. The Morgan fingerprint density at radius 2 is 1.88 bits per heavy atom. The fourth-order valence-electron chi connectivity index (χ4n) is 2.22. The van der Waals surface area contributed by atoms with Gasteiger partial charge < -0.3 is 15.2 Å². The Morgan fingerprint density at radius 3 is 2.38 bits per heavy atom. The molecule has 0 fully saturated rings. The van der Waals surface area contributed by atoms with Crippen LogP contribution in [0, 0.1) is 0 Å². The molecule has 1 aromatic rings. The van der Waals surface area contributed by atoms with Crippen LogP contribution in [0.2, 0.25) is 0 Å². The molecule has 0 bridgehead atoms. The molecular weight excluding hydrogens is 336 g/mol. The van der Waals surface area contributed by atoms with Gasteiger partial charge in [0.15, 0.2) is 0 Å².